The number of thioether (sulfide) groups is 1. The van der Waals surface area contributed by atoms with E-state index in [0.29, 0.717) is 6.54 Å². The summed E-state index contributed by atoms with van der Waals surface area (Å²) in [5, 5.41) is 6.09. The van der Waals surface area contributed by atoms with Gasteiger partial charge in [0.05, 0.1) is 17.3 Å². The van der Waals surface area contributed by atoms with Gasteiger partial charge in [-0.1, -0.05) is 22.9 Å². The van der Waals surface area contributed by atoms with Crippen LogP contribution in [-0.4, -0.2) is 48.3 Å². The number of fused-ring (bicyclic) bond motifs is 1. The van der Waals surface area contributed by atoms with Crippen LogP contribution in [0.1, 0.15) is 18.9 Å². The van der Waals surface area contributed by atoms with Crippen LogP contribution >= 0.6 is 23.1 Å². The highest BCUT2D eigenvalue weighted by Gasteiger charge is 2.23. The zero-order chi connectivity index (χ0) is 21.2. The molecule has 0 aliphatic rings. The van der Waals surface area contributed by atoms with Crippen molar-refractivity contribution in [2.24, 2.45) is 5.11 Å². The number of hydrogen-bond acceptors (Lipinski definition) is 9. The molecule has 1 heterocycles. The number of carbonyl (C=O) groups excluding carboxylic acids is 3. The molecule has 1 unspecified atom stereocenters. The molecule has 10 nitrogen and oxygen atoms in total. The average Bonchev–Trinajstić information content (AvgIpc) is 3.11. The zero-order valence-corrected chi connectivity index (χ0v) is 17.4. The number of nitrogens with zero attached hydrogens (tertiary/aromatic N) is 4. The van der Waals surface area contributed by atoms with E-state index in [1.54, 1.807) is 0 Å². The average molecular weight is 438 g/mol. The minimum absolute atomic E-state index is 0.122. The predicted molar refractivity (Wildman–Crippen MR) is 108 cm³/mol. The summed E-state index contributed by atoms with van der Waals surface area (Å²) in [7, 11) is 1.23. The summed E-state index contributed by atoms with van der Waals surface area (Å²) in [5.74, 6) is -1.18. The number of carbonyl (C=O) groups is 3. The van der Waals surface area contributed by atoms with Gasteiger partial charge in [-0.15, -0.1) is 11.3 Å². The molecule has 1 atom stereocenters. The molecule has 0 aliphatic carbocycles. The van der Waals surface area contributed by atoms with Crippen molar-refractivity contribution in [3.05, 3.63) is 34.2 Å². The van der Waals surface area contributed by atoms with Crippen LogP contribution in [0.4, 0.5) is 0 Å². The van der Waals surface area contributed by atoms with Crippen molar-refractivity contribution < 1.29 is 23.9 Å². The molecule has 1 amide bonds. The first kappa shape index (κ1) is 22.5. The van der Waals surface area contributed by atoms with E-state index < -0.39 is 18.0 Å². The molecule has 0 saturated heterocycles. The van der Waals surface area contributed by atoms with Gasteiger partial charge in [0, 0.05) is 37.1 Å². The third-order valence-electron chi connectivity index (χ3n) is 3.56. The van der Waals surface area contributed by atoms with Gasteiger partial charge in [0.25, 0.3) is 0 Å². The van der Waals surface area contributed by atoms with Crippen LogP contribution in [0.15, 0.2) is 27.7 Å². The summed E-state index contributed by atoms with van der Waals surface area (Å²) < 4.78 is 11.3. The number of nitrogens with one attached hydrogen (secondary N) is 1. The maximum absolute atomic E-state index is 11.7. The summed E-state index contributed by atoms with van der Waals surface area (Å²) >= 11 is 2.73. The van der Waals surface area contributed by atoms with Crippen LogP contribution in [0.2, 0.25) is 0 Å². The number of methoxy groups -OCH3 is 1. The highest BCUT2D eigenvalue weighted by atomic mass is 32.2. The monoisotopic (exact) mass is 437 g/mol. The highest BCUT2D eigenvalue weighted by Crippen LogP contribution is 2.31. The Kier molecular flexibility index (Phi) is 8.71. The van der Waals surface area contributed by atoms with Crippen LogP contribution in [0.5, 0.6) is 0 Å². The standard InChI is InChI=1S/C17H19N5O5S2/c1-10(23)27-13(16(25)26-2)9-28-17-21-12-4-3-11(7-14(12)29-17)8-19-15(24)5-6-20-22-18/h3-4,7,13H,5-6,8-9H2,1-2H3,(H,19,24). The molecule has 0 aliphatic heterocycles. The van der Waals surface area contributed by atoms with Crippen LogP contribution < -0.4 is 5.32 Å². The Morgan fingerprint density at radius 1 is 1.41 bits per heavy atom. The van der Waals surface area contributed by atoms with Gasteiger partial charge in [-0.2, -0.15) is 0 Å². The lowest BCUT2D eigenvalue weighted by Crippen LogP contribution is -2.29. The number of azide groups is 1. The fourth-order valence-electron chi connectivity index (χ4n) is 2.23. The third-order valence-corrected chi connectivity index (χ3v) is 5.78. The molecule has 0 saturated carbocycles. The lowest BCUT2D eigenvalue weighted by Gasteiger charge is -2.13. The summed E-state index contributed by atoms with van der Waals surface area (Å²) in [5.41, 5.74) is 9.91. The first-order chi connectivity index (χ1) is 13.9. The summed E-state index contributed by atoms with van der Waals surface area (Å²) in [6.07, 6.45) is -0.859. The Balaban J connectivity index is 1.97. The predicted octanol–water partition coefficient (Wildman–Crippen LogP) is 2.81. The molecular weight excluding hydrogens is 418 g/mol. The molecule has 1 aromatic heterocycles. The van der Waals surface area contributed by atoms with Gasteiger partial charge in [0.1, 0.15) is 0 Å². The van der Waals surface area contributed by atoms with Crippen molar-refractivity contribution in [2.75, 3.05) is 19.4 Å². The summed E-state index contributed by atoms with van der Waals surface area (Å²) in [6.45, 7) is 1.70. The molecule has 1 N–H and O–H groups in total. The second-order valence-electron chi connectivity index (χ2n) is 5.70. The lowest BCUT2D eigenvalue weighted by molar-refractivity contribution is -0.162. The Hall–Kier alpha value is -2.82. The van der Waals surface area contributed by atoms with E-state index in [1.807, 2.05) is 18.2 Å². The summed E-state index contributed by atoms with van der Waals surface area (Å²) in [4.78, 5) is 41.6. The maximum atomic E-state index is 11.7. The molecule has 0 fully saturated rings. The third kappa shape index (κ3) is 7.26. The molecule has 0 spiro atoms. The maximum Gasteiger partial charge on any atom is 0.348 e. The number of rotatable bonds is 10. The number of benzene rings is 1. The largest absolute Gasteiger partial charge is 0.466 e. The van der Waals surface area contributed by atoms with E-state index in [1.165, 1.54) is 37.1 Å². The van der Waals surface area contributed by atoms with Gasteiger partial charge in [-0.05, 0) is 23.2 Å². The van der Waals surface area contributed by atoms with Crippen LogP contribution in [-0.2, 0) is 30.4 Å². The van der Waals surface area contributed by atoms with E-state index in [4.69, 9.17) is 10.3 Å². The second kappa shape index (κ2) is 11.2. The molecule has 1 aromatic carbocycles. The van der Waals surface area contributed by atoms with Crippen molar-refractivity contribution in [3.8, 4) is 0 Å². The molecule has 0 bridgehead atoms. The smallest absolute Gasteiger partial charge is 0.348 e. The summed E-state index contributed by atoms with van der Waals surface area (Å²) in [6, 6.07) is 5.64. The fourth-order valence-corrected chi connectivity index (χ4v) is 4.36. The highest BCUT2D eigenvalue weighted by molar-refractivity contribution is 8.01. The van der Waals surface area contributed by atoms with Crippen LogP contribution in [0.3, 0.4) is 0 Å². The number of esters is 2. The Morgan fingerprint density at radius 3 is 2.90 bits per heavy atom. The Bertz CT molecular complexity index is 941. The zero-order valence-electron chi connectivity index (χ0n) is 15.8. The number of aromatic nitrogens is 1. The Morgan fingerprint density at radius 2 is 2.21 bits per heavy atom. The van der Waals surface area contributed by atoms with Gasteiger partial charge in [-0.25, -0.2) is 9.78 Å². The van der Waals surface area contributed by atoms with E-state index in [2.05, 4.69) is 25.1 Å². The van der Waals surface area contributed by atoms with Gasteiger partial charge >= 0.3 is 11.9 Å². The van der Waals surface area contributed by atoms with E-state index in [9.17, 15) is 14.4 Å². The van der Waals surface area contributed by atoms with E-state index in [-0.39, 0.29) is 24.6 Å². The number of ether oxygens (including phenoxy) is 2. The lowest BCUT2D eigenvalue weighted by atomic mass is 10.2. The quantitative estimate of drug-likeness (QED) is 0.198. The SMILES string of the molecule is COC(=O)C(CSc1nc2ccc(CNC(=O)CCN=[N+]=[N-])cc2s1)OC(C)=O. The van der Waals surface area contributed by atoms with E-state index >= 15 is 0 Å². The van der Waals surface area contributed by atoms with Crippen molar-refractivity contribution in [1.29, 1.82) is 0 Å². The van der Waals surface area contributed by atoms with Gasteiger partial charge < -0.3 is 14.8 Å². The molecule has 154 valence electrons. The van der Waals surface area contributed by atoms with Crippen LogP contribution in [0.25, 0.3) is 20.7 Å². The van der Waals surface area contributed by atoms with Gasteiger partial charge in [-0.3, -0.25) is 9.59 Å². The molecule has 2 aromatic rings. The first-order valence-corrected chi connectivity index (χ1v) is 10.3. The molecule has 2 rings (SSSR count). The molecule has 0 radical (unpaired) electrons. The number of thiazole rings is 1. The van der Waals surface area contributed by atoms with Crippen molar-refractivity contribution in [2.45, 2.75) is 30.3 Å². The Labute approximate surface area is 174 Å². The number of amides is 1. The fraction of sp³-hybridized carbons (Fsp3) is 0.412. The number of hydrogen-bond donors (Lipinski definition) is 1. The van der Waals surface area contributed by atoms with Gasteiger partial charge in [0.15, 0.2) is 4.34 Å². The topological polar surface area (TPSA) is 143 Å². The van der Waals surface area contributed by atoms with E-state index in [0.717, 1.165) is 20.1 Å². The van der Waals surface area contributed by atoms with Crippen molar-refractivity contribution in [1.82, 2.24) is 10.3 Å². The van der Waals surface area contributed by atoms with Crippen molar-refractivity contribution >= 4 is 51.2 Å². The minimum atomic E-state index is -0.995. The van der Waals surface area contributed by atoms with Crippen LogP contribution in [0, 0.1) is 0 Å². The molecular formula is C17H19N5O5S2. The molecule has 12 heteroatoms. The van der Waals surface area contributed by atoms with Crippen molar-refractivity contribution in [3.63, 3.8) is 0 Å². The van der Waals surface area contributed by atoms with Gasteiger partial charge in [0.2, 0.25) is 12.0 Å². The first-order valence-electron chi connectivity index (χ1n) is 8.47. The molecule has 29 heavy (non-hydrogen) atoms. The second-order valence-corrected chi connectivity index (χ2v) is 7.99. The minimum Gasteiger partial charge on any atom is -0.466 e. The normalized spacial score (nSPS) is 11.4.